The lowest BCUT2D eigenvalue weighted by Crippen LogP contribution is -2.48. The lowest BCUT2D eigenvalue weighted by atomic mass is 10.0. The van der Waals surface area contributed by atoms with Gasteiger partial charge in [0.2, 0.25) is 5.91 Å². The number of hydrogen-bond acceptors (Lipinski definition) is 3. The lowest BCUT2D eigenvalue weighted by molar-refractivity contribution is -0.122. The highest BCUT2D eigenvalue weighted by atomic mass is 16.2. The molecule has 5 nitrogen and oxygen atoms in total. The van der Waals surface area contributed by atoms with E-state index in [-0.39, 0.29) is 11.8 Å². The molecule has 2 aromatic carbocycles. The van der Waals surface area contributed by atoms with Gasteiger partial charge >= 0.3 is 0 Å². The fourth-order valence-corrected chi connectivity index (χ4v) is 4.15. The highest BCUT2D eigenvalue weighted by molar-refractivity contribution is 5.97. The number of hydrogen-bond donors (Lipinski definition) is 2. The molecule has 0 aromatic heterocycles. The number of nitrogens with zero attached hydrogens (tertiary/aromatic N) is 1. The Bertz CT molecular complexity index is 810. The molecule has 0 radical (unpaired) electrons. The van der Waals surface area contributed by atoms with E-state index in [4.69, 9.17) is 0 Å². The smallest absolute Gasteiger partial charge is 0.251 e. The monoisotopic (exact) mass is 421 g/mol. The van der Waals surface area contributed by atoms with E-state index in [0.717, 1.165) is 24.9 Å². The maximum absolute atomic E-state index is 12.9. The normalized spacial score (nSPS) is 17.6. The molecule has 1 heterocycles. The van der Waals surface area contributed by atoms with Gasteiger partial charge in [-0.25, -0.2) is 0 Å². The number of benzene rings is 2. The highest BCUT2D eigenvalue weighted by Crippen LogP contribution is 2.16. The van der Waals surface area contributed by atoms with Crippen molar-refractivity contribution in [2.45, 2.75) is 57.5 Å². The van der Waals surface area contributed by atoms with Crippen LogP contribution < -0.4 is 10.6 Å². The predicted molar refractivity (Wildman–Crippen MR) is 125 cm³/mol. The van der Waals surface area contributed by atoms with E-state index in [1.54, 1.807) is 12.1 Å². The molecule has 3 rings (SSSR count). The summed E-state index contributed by atoms with van der Waals surface area (Å²) in [5.41, 5.74) is 1.58. The zero-order valence-electron chi connectivity index (χ0n) is 18.6. The van der Waals surface area contributed by atoms with Crippen LogP contribution in [0, 0.1) is 0 Å². The van der Waals surface area contributed by atoms with Crippen molar-refractivity contribution in [3.05, 3.63) is 71.8 Å². The van der Waals surface area contributed by atoms with Crippen molar-refractivity contribution in [3.63, 3.8) is 0 Å². The van der Waals surface area contributed by atoms with Crippen LogP contribution in [0.1, 0.15) is 54.9 Å². The van der Waals surface area contributed by atoms with Crippen molar-refractivity contribution in [3.8, 4) is 0 Å². The van der Waals surface area contributed by atoms with Gasteiger partial charge in [0, 0.05) is 24.6 Å². The van der Waals surface area contributed by atoms with Crippen LogP contribution in [0.15, 0.2) is 60.7 Å². The molecule has 1 aliphatic rings. The van der Waals surface area contributed by atoms with Gasteiger partial charge in [0.15, 0.2) is 0 Å². The van der Waals surface area contributed by atoms with E-state index in [1.807, 2.05) is 48.5 Å². The number of likely N-dealkylation sites (tertiary alicyclic amines) is 1. The van der Waals surface area contributed by atoms with E-state index < -0.39 is 6.04 Å². The molecule has 1 saturated heterocycles. The number of nitrogens with one attached hydrogen (secondary N) is 2. The van der Waals surface area contributed by atoms with Gasteiger partial charge < -0.3 is 15.5 Å². The summed E-state index contributed by atoms with van der Waals surface area (Å²) in [6, 6.07) is 18.9. The number of carbonyl (C=O) groups excluding carboxylic acids is 2. The fraction of sp³-hybridized carbons (Fsp3) is 0.462. The summed E-state index contributed by atoms with van der Waals surface area (Å²) in [5, 5.41) is 5.96. The Morgan fingerprint density at radius 2 is 1.71 bits per heavy atom. The average Bonchev–Trinajstić information content (AvgIpc) is 2.80. The van der Waals surface area contributed by atoms with Gasteiger partial charge in [-0.05, 0) is 63.4 Å². The topological polar surface area (TPSA) is 61.4 Å². The first-order chi connectivity index (χ1) is 15.1. The predicted octanol–water partition coefficient (Wildman–Crippen LogP) is 3.80. The van der Waals surface area contributed by atoms with Gasteiger partial charge in [-0.2, -0.15) is 0 Å². The van der Waals surface area contributed by atoms with Crippen LogP contribution in [0.3, 0.4) is 0 Å². The molecule has 0 spiro atoms. The SMILES string of the molecule is CC1CCCCN1CCCCNC(=O)C(Cc1ccccc1)NC(=O)c1ccccc1. The van der Waals surface area contributed by atoms with Crippen LogP contribution in [0.4, 0.5) is 0 Å². The summed E-state index contributed by atoms with van der Waals surface area (Å²) in [4.78, 5) is 28.1. The van der Waals surface area contributed by atoms with Crippen LogP contribution in [-0.2, 0) is 11.2 Å². The Hall–Kier alpha value is -2.66. The Morgan fingerprint density at radius 3 is 2.42 bits per heavy atom. The van der Waals surface area contributed by atoms with Crippen molar-refractivity contribution in [2.24, 2.45) is 0 Å². The first kappa shape index (κ1) is 23.0. The first-order valence-corrected chi connectivity index (χ1v) is 11.5. The third-order valence-corrected chi connectivity index (χ3v) is 6.05. The zero-order valence-corrected chi connectivity index (χ0v) is 18.6. The number of rotatable bonds is 10. The van der Waals surface area contributed by atoms with E-state index in [9.17, 15) is 9.59 Å². The summed E-state index contributed by atoms with van der Waals surface area (Å²) < 4.78 is 0. The molecular weight excluding hydrogens is 386 g/mol. The second-order valence-corrected chi connectivity index (χ2v) is 8.46. The van der Waals surface area contributed by atoms with Gasteiger partial charge in [-0.3, -0.25) is 9.59 Å². The van der Waals surface area contributed by atoms with Gasteiger partial charge in [0.05, 0.1) is 0 Å². The van der Waals surface area contributed by atoms with Crippen LogP contribution in [-0.4, -0.2) is 48.4 Å². The van der Waals surface area contributed by atoms with Crippen molar-refractivity contribution in [1.29, 1.82) is 0 Å². The van der Waals surface area contributed by atoms with Crippen LogP contribution >= 0.6 is 0 Å². The van der Waals surface area contributed by atoms with Crippen LogP contribution in [0.5, 0.6) is 0 Å². The minimum Gasteiger partial charge on any atom is -0.354 e. The Balaban J connectivity index is 1.50. The molecule has 2 aromatic rings. The number of piperidine rings is 1. The molecule has 0 bridgehead atoms. The zero-order chi connectivity index (χ0) is 21.9. The molecule has 31 heavy (non-hydrogen) atoms. The quantitative estimate of drug-likeness (QED) is 0.574. The standard InChI is InChI=1S/C26H35N3O2/c1-21-12-8-10-18-29(21)19-11-9-17-27-26(31)24(20-22-13-4-2-5-14-22)28-25(30)23-15-6-3-7-16-23/h2-7,13-16,21,24H,8-12,17-20H2,1H3,(H,27,31)(H,28,30). The number of amides is 2. The summed E-state index contributed by atoms with van der Waals surface area (Å²) in [6.07, 6.45) is 6.41. The number of carbonyl (C=O) groups is 2. The molecule has 2 unspecified atom stereocenters. The number of unbranched alkanes of at least 4 members (excludes halogenated alkanes) is 1. The minimum absolute atomic E-state index is 0.125. The summed E-state index contributed by atoms with van der Waals surface area (Å²) in [6.45, 7) is 5.23. The molecule has 2 atom stereocenters. The molecule has 166 valence electrons. The largest absolute Gasteiger partial charge is 0.354 e. The summed E-state index contributed by atoms with van der Waals surface area (Å²) in [5.74, 6) is -0.352. The maximum Gasteiger partial charge on any atom is 0.251 e. The molecule has 2 amide bonds. The Kier molecular flexibility index (Phi) is 9.10. The van der Waals surface area contributed by atoms with Gasteiger partial charge in [-0.1, -0.05) is 55.0 Å². The Labute approximate surface area is 186 Å². The van der Waals surface area contributed by atoms with Crippen LogP contribution in [0.25, 0.3) is 0 Å². The van der Waals surface area contributed by atoms with E-state index in [1.165, 1.54) is 25.8 Å². The molecule has 0 saturated carbocycles. The third kappa shape index (κ3) is 7.51. The van der Waals surface area contributed by atoms with E-state index in [2.05, 4.69) is 22.5 Å². The van der Waals surface area contributed by atoms with E-state index in [0.29, 0.717) is 24.6 Å². The average molecular weight is 422 g/mol. The molecule has 2 N–H and O–H groups in total. The second kappa shape index (κ2) is 12.3. The molecule has 0 aliphatic carbocycles. The summed E-state index contributed by atoms with van der Waals surface area (Å²) in [7, 11) is 0. The van der Waals surface area contributed by atoms with Crippen molar-refractivity contribution in [2.75, 3.05) is 19.6 Å². The van der Waals surface area contributed by atoms with Crippen molar-refractivity contribution >= 4 is 11.8 Å². The molecule has 1 aliphatic heterocycles. The minimum atomic E-state index is -0.600. The van der Waals surface area contributed by atoms with Crippen LogP contribution in [0.2, 0.25) is 0 Å². The van der Waals surface area contributed by atoms with Gasteiger partial charge in [0.1, 0.15) is 6.04 Å². The highest BCUT2D eigenvalue weighted by Gasteiger charge is 2.22. The second-order valence-electron chi connectivity index (χ2n) is 8.46. The first-order valence-electron chi connectivity index (χ1n) is 11.5. The van der Waals surface area contributed by atoms with Gasteiger partial charge in [-0.15, -0.1) is 0 Å². The molecule has 5 heteroatoms. The van der Waals surface area contributed by atoms with Gasteiger partial charge in [0.25, 0.3) is 5.91 Å². The third-order valence-electron chi connectivity index (χ3n) is 6.05. The lowest BCUT2D eigenvalue weighted by Gasteiger charge is -2.33. The molecule has 1 fully saturated rings. The maximum atomic E-state index is 12.9. The molecular formula is C26H35N3O2. The van der Waals surface area contributed by atoms with Crippen molar-refractivity contribution < 1.29 is 9.59 Å². The summed E-state index contributed by atoms with van der Waals surface area (Å²) >= 11 is 0. The van der Waals surface area contributed by atoms with E-state index >= 15 is 0 Å². The Morgan fingerprint density at radius 1 is 1.00 bits per heavy atom. The van der Waals surface area contributed by atoms with Crippen molar-refractivity contribution in [1.82, 2.24) is 15.5 Å². The fourth-order valence-electron chi connectivity index (χ4n) is 4.15.